The van der Waals surface area contributed by atoms with Gasteiger partial charge < -0.3 is 18.3 Å². The fourth-order valence-electron chi connectivity index (χ4n) is 9.21. The van der Waals surface area contributed by atoms with E-state index < -0.39 is 0 Å². The number of hydrogen-bond donors (Lipinski definition) is 0. The summed E-state index contributed by atoms with van der Waals surface area (Å²) < 4.78 is 15.5. The third-order valence-electron chi connectivity index (χ3n) is 11.9. The lowest BCUT2D eigenvalue weighted by Crippen LogP contribution is -2.30. The summed E-state index contributed by atoms with van der Waals surface area (Å²) in [5.41, 5.74) is 13.9. The van der Waals surface area contributed by atoms with E-state index >= 15 is 0 Å². The van der Waals surface area contributed by atoms with E-state index in [0.717, 1.165) is 84.0 Å². The summed E-state index contributed by atoms with van der Waals surface area (Å²) in [6.45, 7) is 0. The highest BCUT2D eigenvalue weighted by Gasteiger charge is 2.25. The Morgan fingerprint density at radius 1 is 0.466 bits per heavy atom. The molecule has 0 amide bonds. The van der Waals surface area contributed by atoms with Crippen molar-refractivity contribution >= 4 is 82.6 Å². The standard InChI is InChI=1S/C54H36N2O2/c1-2-12-35(13-3-1)36-24-29-39(30-25-36)55(49-20-10-17-44-42-15-5-8-22-51(42)57-53(44)49)40-31-26-37(27-32-40)38-28-33-48-46(34-38)41-14-4-7-19-47(41)56(48)50-21-11-18-45-43-16-6-9-23-52(43)58-54(45)50/h1-29,31-34,39H,30H2. The lowest BCUT2D eigenvalue weighted by Gasteiger charge is -2.33. The van der Waals surface area contributed by atoms with Gasteiger partial charge in [-0.25, -0.2) is 0 Å². The molecule has 0 N–H and O–H groups in total. The van der Waals surface area contributed by atoms with Gasteiger partial charge in [-0.3, -0.25) is 0 Å². The van der Waals surface area contributed by atoms with E-state index in [2.05, 4.69) is 191 Å². The van der Waals surface area contributed by atoms with Crippen molar-refractivity contribution in [2.45, 2.75) is 12.5 Å². The minimum atomic E-state index is 0.0933. The van der Waals surface area contributed by atoms with Crippen LogP contribution < -0.4 is 4.90 Å². The monoisotopic (exact) mass is 744 g/mol. The van der Waals surface area contributed by atoms with Gasteiger partial charge in [0.2, 0.25) is 0 Å². The van der Waals surface area contributed by atoms with Crippen molar-refractivity contribution in [2.75, 3.05) is 4.90 Å². The molecule has 1 aliphatic carbocycles. The molecular formula is C54H36N2O2. The molecule has 8 aromatic carbocycles. The van der Waals surface area contributed by atoms with E-state index in [1.807, 2.05) is 18.2 Å². The molecular weight excluding hydrogens is 709 g/mol. The SMILES string of the molecule is C1=CC(N(c2ccc(-c3ccc4c(c3)c3ccccc3n4-c3cccc4c3oc3ccccc34)cc2)c2cccc3c2oc2ccccc23)CC=C1c1ccccc1. The number of hydrogen-bond acceptors (Lipinski definition) is 3. The maximum absolute atomic E-state index is 6.62. The Morgan fingerprint density at radius 3 is 1.84 bits per heavy atom. The molecule has 3 aromatic heterocycles. The molecule has 58 heavy (non-hydrogen) atoms. The second-order valence-electron chi connectivity index (χ2n) is 15.2. The molecule has 11 aromatic rings. The number of para-hydroxylation sites is 5. The van der Waals surface area contributed by atoms with Crippen molar-refractivity contribution in [3.8, 4) is 16.8 Å². The molecule has 274 valence electrons. The van der Waals surface area contributed by atoms with Crippen LogP contribution >= 0.6 is 0 Å². The number of benzene rings is 8. The van der Waals surface area contributed by atoms with Crippen LogP contribution in [0.5, 0.6) is 0 Å². The van der Waals surface area contributed by atoms with E-state index in [9.17, 15) is 0 Å². The molecule has 0 aliphatic heterocycles. The van der Waals surface area contributed by atoms with Crippen LogP contribution in [0.25, 0.3) is 88.1 Å². The number of allylic oxidation sites excluding steroid dienone is 2. The molecule has 0 spiro atoms. The van der Waals surface area contributed by atoms with Gasteiger partial charge in [0.05, 0.1) is 28.5 Å². The maximum atomic E-state index is 6.62. The molecule has 4 nitrogen and oxygen atoms in total. The Hall–Kier alpha value is -7.56. The van der Waals surface area contributed by atoms with Crippen LogP contribution in [0.3, 0.4) is 0 Å². The van der Waals surface area contributed by atoms with Gasteiger partial charge in [0.1, 0.15) is 11.2 Å². The summed E-state index contributed by atoms with van der Waals surface area (Å²) in [6.07, 6.45) is 7.83. The highest BCUT2D eigenvalue weighted by atomic mass is 16.3. The second-order valence-corrected chi connectivity index (χ2v) is 15.2. The molecule has 1 atom stereocenters. The lowest BCUT2D eigenvalue weighted by molar-refractivity contribution is 0.664. The molecule has 0 radical (unpaired) electrons. The third-order valence-corrected chi connectivity index (χ3v) is 11.9. The molecule has 4 heteroatoms. The Bertz CT molecular complexity index is 3430. The first-order chi connectivity index (χ1) is 28.8. The van der Waals surface area contributed by atoms with Crippen molar-refractivity contribution in [3.63, 3.8) is 0 Å². The molecule has 0 fully saturated rings. The second kappa shape index (κ2) is 13.0. The van der Waals surface area contributed by atoms with Gasteiger partial charge in [0.25, 0.3) is 0 Å². The summed E-state index contributed by atoms with van der Waals surface area (Å²) in [5.74, 6) is 0. The summed E-state index contributed by atoms with van der Waals surface area (Å²) in [6, 6.07) is 64.9. The van der Waals surface area contributed by atoms with Crippen LogP contribution in [0.2, 0.25) is 0 Å². The highest BCUT2D eigenvalue weighted by Crippen LogP contribution is 2.43. The number of anilines is 2. The first kappa shape index (κ1) is 32.7. The van der Waals surface area contributed by atoms with E-state index in [4.69, 9.17) is 8.83 Å². The Morgan fingerprint density at radius 2 is 1.09 bits per heavy atom. The van der Waals surface area contributed by atoms with Gasteiger partial charge >= 0.3 is 0 Å². The first-order valence-electron chi connectivity index (χ1n) is 19.9. The molecule has 12 rings (SSSR count). The Kier molecular flexibility index (Phi) is 7.32. The summed E-state index contributed by atoms with van der Waals surface area (Å²) >= 11 is 0. The van der Waals surface area contributed by atoms with Crippen molar-refractivity contribution in [1.29, 1.82) is 0 Å². The van der Waals surface area contributed by atoms with Gasteiger partial charge in [-0.05, 0) is 83.3 Å². The molecule has 1 unspecified atom stereocenters. The van der Waals surface area contributed by atoms with E-state index in [1.165, 1.54) is 27.5 Å². The van der Waals surface area contributed by atoms with Gasteiger partial charge in [-0.15, -0.1) is 0 Å². The topological polar surface area (TPSA) is 34.5 Å². The average Bonchev–Trinajstić information content (AvgIpc) is 3.97. The highest BCUT2D eigenvalue weighted by molar-refractivity contribution is 6.14. The third kappa shape index (κ3) is 5.08. The number of fused-ring (bicyclic) bond motifs is 9. The van der Waals surface area contributed by atoms with Crippen LogP contribution in [0, 0.1) is 0 Å². The lowest BCUT2D eigenvalue weighted by atomic mass is 9.95. The normalized spacial score (nSPS) is 14.3. The maximum Gasteiger partial charge on any atom is 0.159 e. The van der Waals surface area contributed by atoms with Crippen LogP contribution in [-0.2, 0) is 0 Å². The first-order valence-corrected chi connectivity index (χ1v) is 19.9. The summed E-state index contributed by atoms with van der Waals surface area (Å²) in [5, 5.41) is 6.92. The fourth-order valence-corrected chi connectivity index (χ4v) is 9.21. The van der Waals surface area contributed by atoms with Crippen molar-refractivity contribution in [1.82, 2.24) is 4.57 Å². The molecule has 3 heterocycles. The minimum Gasteiger partial charge on any atom is -0.454 e. The van der Waals surface area contributed by atoms with Crippen LogP contribution in [0.4, 0.5) is 11.4 Å². The zero-order valence-electron chi connectivity index (χ0n) is 31.5. The molecule has 0 saturated heterocycles. The van der Waals surface area contributed by atoms with Gasteiger partial charge in [-0.2, -0.15) is 0 Å². The number of aromatic nitrogens is 1. The zero-order valence-corrected chi connectivity index (χ0v) is 31.5. The molecule has 0 saturated carbocycles. The van der Waals surface area contributed by atoms with Crippen molar-refractivity contribution in [2.24, 2.45) is 0 Å². The quantitative estimate of drug-likeness (QED) is 0.170. The van der Waals surface area contributed by atoms with Crippen LogP contribution in [-0.4, -0.2) is 10.6 Å². The average molecular weight is 745 g/mol. The smallest absolute Gasteiger partial charge is 0.159 e. The van der Waals surface area contributed by atoms with Crippen LogP contribution in [0.15, 0.2) is 209 Å². The van der Waals surface area contributed by atoms with Crippen molar-refractivity contribution in [3.05, 3.63) is 206 Å². The summed E-state index contributed by atoms with van der Waals surface area (Å²) in [4.78, 5) is 2.44. The Balaban J connectivity index is 0.961. The fraction of sp³-hybridized carbons (Fsp3) is 0.0370. The predicted octanol–water partition coefficient (Wildman–Crippen LogP) is 14.8. The summed E-state index contributed by atoms with van der Waals surface area (Å²) in [7, 11) is 0. The predicted molar refractivity (Wildman–Crippen MR) is 241 cm³/mol. The van der Waals surface area contributed by atoms with E-state index in [-0.39, 0.29) is 6.04 Å². The number of nitrogens with zero attached hydrogens (tertiary/aromatic N) is 2. The van der Waals surface area contributed by atoms with Gasteiger partial charge in [-0.1, -0.05) is 146 Å². The van der Waals surface area contributed by atoms with Gasteiger partial charge in [0.15, 0.2) is 11.2 Å². The minimum absolute atomic E-state index is 0.0933. The Labute approximate surface area is 334 Å². The molecule has 0 bridgehead atoms. The van der Waals surface area contributed by atoms with Crippen LogP contribution in [0.1, 0.15) is 12.0 Å². The van der Waals surface area contributed by atoms with Gasteiger partial charge in [0, 0.05) is 38.0 Å². The number of rotatable bonds is 6. The molecule has 1 aliphatic rings. The van der Waals surface area contributed by atoms with Crippen molar-refractivity contribution < 1.29 is 8.83 Å². The zero-order chi connectivity index (χ0) is 38.2. The number of furan rings is 2. The largest absolute Gasteiger partial charge is 0.454 e. The van der Waals surface area contributed by atoms with E-state index in [1.54, 1.807) is 0 Å². The van der Waals surface area contributed by atoms with E-state index in [0.29, 0.717) is 0 Å².